The van der Waals surface area contributed by atoms with Gasteiger partial charge in [-0.1, -0.05) is 36.8 Å². The van der Waals surface area contributed by atoms with Crippen LogP contribution < -0.4 is 0 Å². The van der Waals surface area contributed by atoms with Gasteiger partial charge < -0.3 is 14.9 Å². The third-order valence-corrected chi connectivity index (χ3v) is 6.94. The Morgan fingerprint density at radius 3 is 2.45 bits per heavy atom. The Labute approximate surface area is 170 Å². The van der Waals surface area contributed by atoms with Crippen molar-refractivity contribution in [3.8, 4) is 0 Å². The van der Waals surface area contributed by atoms with Crippen molar-refractivity contribution >= 4 is 11.8 Å². The molecule has 1 N–H and O–H groups in total. The second-order valence-corrected chi connectivity index (χ2v) is 8.48. The first kappa shape index (κ1) is 18.3. The van der Waals surface area contributed by atoms with Crippen molar-refractivity contribution in [3.05, 3.63) is 66.0 Å². The van der Waals surface area contributed by atoms with Crippen LogP contribution >= 0.6 is 0 Å². The number of hydrogen-bond donors (Lipinski definition) is 1. The van der Waals surface area contributed by atoms with E-state index in [9.17, 15) is 14.7 Å². The van der Waals surface area contributed by atoms with Gasteiger partial charge in [0.2, 0.25) is 5.91 Å². The number of carbonyl (C=O) groups is 2. The van der Waals surface area contributed by atoms with E-state index in [1.807, 2.05) is 28.0 Å². The molecule has 1 aliphatic carbocycles. The number of likely N-dealkylation sites (tertiary alicyclic amines) is 2. The summed E-state index contributed by atoms with van der Waals surface area (Å²) in [5.41, 5.74) is 1.17. The van der Waals surface area contributed by atoms with Crippen LogP contribution in [-0.4, -0.2) is 63.0 Å². The van der Waals surface area contributed by atoms with Crippen LogP contribution in [0.2, 0.25) is 0 Å². The topological polar surface area (TPSA) is 73.7 Å². The van der Waals surface area contributed by atoms with E-state index in [0.717, 1.165) is 24.8 Å². The molecule has 29 heavy (non-hydrogen) atoms. The molecule has 1 spiro atoms. The zero-order chi connectivity index (χ0) is 20.0. The zero-order valence-corrected chi connectivity index (χ0v) is 16.3. The predicted octanol–water partition coefficient (Wildman–Crippen LogP) is 2.06. The summed E-state index contributed by atoms with van der Waals surface area (Å²) in [6.45, 7) is 0.957. The maximum atomic E-state index is 13.3. The number of carbonyl (C=O) groups excluding carboxylic acids is 2. The van der Waals surface area contributed by atoms with E-state index in [1.165, 1.54) is 0 Å². The van der Waals surface area contributed by atoms with Gasteiger partial charge in [-0.15, -0.1) is 0 Å². The minimum atomic E-state index is -0.457. The molecule has 2 atom stereocenters. The third kappa shape index (κ3) is 2.69. The van der Waals surface area contributed by atoms with Gasteiger partial charge in [-0.3, -0.25) is 14.6 Å². The summed E-state index contributed by atoms with van der Waals surface area (Å²) in [7, 11) is 0. The molecule has 2 amide bonds. The molecule has 1 aromatic carbocycles. The number of pyridine rings is 1. The van der Waals surface area contributed by atoms with E-state index >= 15 is 0 Å². The van der Waals surface area contributed by atoms with Crippen LogP contribution in [0.25, 0.3) is 0 Å². The lowest BCUT2D eigenvalue weighted by Crippen LogP contribution is -2.86. The minimum absolute atomic E-state index is 0.0137. The fraction of sp³-hybridized carbons (Fsp3) is 0.435. The lowest BCUT2D eigenvalue weighted by Gasteiger charge is -2.70. The van der Waals surface area contributed by atoms with E-state index in [1.54, 1.807) is 24.5 Å². The van der Waals surface area contributed by atoms with Gasteiger partial charge in [0.25, 0.3) is 5.91 Å². The van der Waals surface area contributed by atoms with Gasteiger partial charge >= 0.3 is 0 Å². The molecule has 1 aromatic heterocycles. The fourth-order valence-electron chi connectivity index (χ4n) is 5.30. The van der Waals surface area contributed by atoms with Crippen LogP contribution in [0, 0.1) is 5.92 Å². The molecule has 6 nitrogen and oxygen atoms in total. The summed E-state index contributed by atoms with van der Waals surface area (Å²) < 4.78 is 0. The van der Waals surface area contributed by atoms with Gasteiger partial charge in [0, 0.05) is 37.3 Å². The zero-order valence-electron chi connectivity index (χ0n) is 16.3. The van der Waals surface area contributed by atoms with Crippen molar-refractivity contribution in [2.75, 3.05) is 19.7 Å². The smallest absolute Gasteiger partial charge is 0.256 e. The van der Waals surface area contributed by atoms with Crippen LogP contribution in [0.4, 0.5) is 0 Å². The Bertz CT molecular complexity index is 907. The predicted molar refractivity (Wildman–Crippen MR) is 107 cm³/mol. The highest BCUT2D eigenvalue weighted by Gasteiger charge is 2.68. The molecule has 0 unspecified atom stereocenters. The van der Waals surface area contributed by atoms with Crippen LogP contribution in [0.5, 0.6) is 0 Å². The quantitative estimate of drug-likeness (QED) is 0.866. The minimum Gasteiger partial charge on any atom is -0.394 e. The van der Waals surface area contributed by atoms with Gasteiger partial charge in [0.15, 0.2) is 0 Å². The first-order valence-corrected chi connectivity index (χ1v) is 10.3. The molecule has 5 rings (SSSR count). The maximum absolute atomic E-state index is 13.3. The van der Waals surface area contributed by atoms with Crippen molar-refractivity contribution in [2.45, 2.75) is 36.8 Å². The van der Waals surface area contributed by atoms with Gasteiger partial charge in [-0.05, 0) is 30.5 Å². The molecule has 1 saturated carbocycles. The van der Waals surface area contributed by atoms with Crippen molar-refractivity contribution in [2.24, 2.45) is 5.92 Å². The van der Waals surface area contributed by atoms with E-state index in [-0.39, 0.29) is 36.3 Å². The normalized spacial score (nSPS) is 25.1. The van der Waals surface area contributed by atoms with Crippen LogP contribution in [-0.2, 0) is 4.79 Å². The SMILES string of the molecule is O=C(C1CCC1)N1CC2(C1)[C@@H](c1ccccc1)[C@@H](CO)N2C(=O)c1cccnc1. The molecule has 3 heterocycles. The number of hydrogen-bond acceptors (Lipinski definition) is 4. The Kier molecular flexibility index (Phi) is 4.39. The average Bonchev–Trinajstić information content (AvgIpc) is 2.66. The molecule has 2 saturated heterocycles. The van der Waals surface area contributed by atoms with Crippen LogP contribution in [0.3, 0.4) is 0 Å². The molecule has 3 aliphatic rings. The monoisotopic (exact) mass is 391 g/mol. The number of rotatable bonds is 4. The van der Waals surface area contributed by atoms with Crippen LogP contribution in [0.15, 0.2) is 54.9 Å². The maximum Gasteiger partial charge on any atom is 0.256 e. The van der Waals surface area contributed by atoms with E-state index < -0.39 is 5.54 Å². The highest BCUT2D eigenvalue weighted by molar-refractivity contribution is 5.96. The summed E-state index contributed by atoms with van der Waals surface area (Å²) in [6, 6.07) is 13.2. The number of aliphatic hydroxyl groups is 1. The standard InChI is InChI=1S/C23H25N3O3/c27-13-19-20(16-6-2-1-3-7-16)23(14-25(15-23)21(28)17-8-4-9-17)26(19)22(29)18-10-5-11-24-12-18/h1-3,5-7,10-12,17,19-20,27H,4,8-9,13-15H2/t19-,20+/m1/s1. The van der Waals surface area contributed by atoms with Crippen molar-refractivity contribution in [1.82, 2.24) is 14.8 Å². The molecule has 150 valence electrons. The summed E-state index contributed by atoms with van der Waals surface area (Å²) in [5, 5.41) is 10.2. The fourth-order valence-corrected chi connectivity index (χ4v) is 5.30. The number of benzene rings is 1. The molecule has 3 fully saturated rings. The Hall–Kier alpha value is -2.73. The second kappa shape index (κ2) is 6.95. The number of aliphatic hydroxyl groups excluding tert-OH is 1. The molecular weight excluding hydrogens is 366 g/mol. The highest BCUT2D eigenvalue weighted by Crippen LogP contribution is 2.54. The Morgan fingerprint density at radius 1 is 1.10 bits per heavy atom. The molecule has 6 heteroatoms. The van der Waals surface area contributed by atoms with E-state index in [2.05, 4.69) is 17.1 Å². The largest absolute Gasteiger partial charge is 0.394 e. The first-order valence-electron chi connectivity index (χ1n) is 10.3. The average molecular weight is 391 g/mol. The summed E-state index contributed by atoms with van der Waals surface area (Å²) in [4.78, 5) is 33.9. The number of amides is 2. The molecule has 2 aromatic rings. The number of nitrogens with zero attached hydrogens (tertiary/aromatic N) is 3. The number of aromatic nitrogens is 1. The first-order chi connectivity index (χ1) is 14.2. The summed E-state index contributed by atoms with van der Waals surface area (Å²) >= 11 is 0. The van der Waals surface area contributed by atoms with Gasteiger partial charge in [0.1, 0.15) is 0 Å². The highest BCUT2D eigenvalue weighted by atomic mass is 16.3. The molecule has 0 bridgehead atoms. The van der Waals surface area contributed by atoms with Gasteiger partial charge in [0.05, 0.1) is 23.8 Å². The van der Waals surface area contributed by atoms with Crippen molar-refractivity contribution in [3.63, 3.8) is 0 Å². The lowest BCUT2D eigenvalue weighted by molar-refractivity contribution is -0.183. The summed E-state index contributed by atoms with van der Waals surface area (Å²) in [6.07, 6.45) is 6.28. The van der Waals surface area contributed by atoms with Gasteiger partial charge in [-0.2, -0.15) is 0 Å². The third-order valence-electron chi connectivity index (χ3n) is 6.94. The van der Waals surface area contributed by atoms with Crippen molar-refractivity contribution in [1.29, 1.82) is 0 Å². The summed E-state index contributed by atoms with van der Waals surface area (Å²) in [5.74, 6) is 0.258. The Morgan fingerprint density at radius 2 is 1.86 bits per heavy atom. The lowest BCUT2D eigenvalue weighted by atomic mass is 9.60. The van der Waals surface area contributed by atoms with Crippen LogP contribution in [0.1, 0.15) is 41.1 Å². The van der Waals surface area contributed by atoms with E-state index in [0.29, 0.717) is 18.7 Å². The van der Waals surface area contributed by atoms with E-state index in [4.69, 9.17) is 0 Å². The molecule has 2 aliphatic heterocycles. The molecule has 0 radical (unpaired) electrons. The second-order valence-electron chi connectivity index (χ2n) is 8.48. The Balaban J connectivity index is 1.46. The molecular formula is C23H25N3O3. The van der Waals surface area contributed by atoms with Gasteiger partial charge in [-0.25, -0.2) is 0 Å². The van der Waals surface area contributed by atoms with Crippen molar-refractivity contribution < 1.29 is 14.7 Å².